The largest absolute Gasteiger partial charge is 0.478 e. The first-order valence-electron chi connectivity index (χ1n) is 12.4. The second kappa shape index (κ2) is 10.8. The molecule has 0 fully saturated rings. The summed E-state index contributed by atoms with van der Waals surface area (Å²) in [6.07, 6.45) is 4.62. The van der Waals surface area contributed by atoms with Crippen LogP contribution in [0.2, 0.25) is 5.02 Å². The molecule has 0 spiro atoms. The van der Waals surface area contributed by atoms with E-state index >= 15 is 0 Å². The van der Waals surface area contributed by atoms with E-state index in [0.717, 1.165) is 0 Å². The normalized spacial score (nSPS) is 17.4. The Morgan fingerprint density at radius 1 is 1.05 bits per heavy atom. The van der Waals surface area contributed by atoms with E-state index in [1.54, 1.807) is 18.3 Å². The number of fused-ring (bicyclic) bond motifs is 4. The third-order valence-corrected chi connectivity index (χ3v) is 7.13. The van der Waals surface area contributed by atoms with Gasteiger partial charge in [-0.05, 0) is 66.9 Å². The molecule has 2 N–H and O–H groups in total. The highest BCUT2D eigenvalue weighted by Gasteiger charge is 2.23. The molecule has 4 aromatic rings. The van der Waals surface area contributed by atoms with Crippen molar-refractivity contribution in [2.45, 2.75) is 32.2 Å². The average Bonchev–Trinajstić information content (AvgIpc) is 2.91. The predicted molar refractivity (Wildman–Crippen MR) is 145 cm³/mol. The lowest BCUT2D eigenvalue weighted by atomic mass is 9.95. The van der Waals surface area contributed by atoms with Crippen LogP contribution in [0.25, 0.3) is 22.4 Å². The monoisotopic (exact) mass is 546 g/mol. The van der Waals surface area contributed by atoms with Gasteiger partial charge in [-0.1, -0.05) is 24.9 Å². The number of rotatable bonds is 3. The lowest BCUT2D eigenvalue weighted by Gasteiger charge is -2.23. The fourth-order valence-corrected chi connectivity index (χ4v) is 4.97. The van der Waals surface area contributed by atoms with Gasteiger partial charge in [-0.25, -0.2) is 14.2 Å². The Morgan fingerprint density at radius 3 is 2.64 bits per heavy atom. The number of carbonyl (C=O) groups is 2. The molecule has 0 saturated heterocycles. The van der Waals surface area contributed by atoms with Gasteiger partial charge in [0, 0.05) is 40.0 Å². The second-order valence-electron chi connectivity index (χ2n) is 9.51. The molecule has 0 aliphatic carbocycles. The molecule has 0 unspecified atom stereocenters. The van der Waals surface area contributed by atoms with Crippen molar-refractivity contribution in [2.24, 2.45) is 5.92 Å². The molecule has 2 aromatic heterocycles. The number of aromatic nitrogens is 3. The van der Waals surface area contributed by atoms with Crippen LogP contribution < -0.4 is 10.9 Å². The van der Waals surface area contributed by atoms with Crippen molar-refractivity contribution >= 4 is 29.2 Å². The van der Waals surface area contributed by atoms with Crippen LogP contribution in [-0.2, 0) is 4.79 Å². The number of nitrogens with zero attached hydrogens (tertiary/aromatic N) is 3. The molecule has 2 bridgehead atoms. The quantitative estimate of drug-likeness (QED) is 0.335. The van der Waals surface area contributed by atoms with Crippen molar-refractivity contribution in [3.63, 3.8) is 0 Å². The van der Waals surface area contributed by atoms with E-state index in [1.165, 1.54) is 53.4 Å². The van der Waals surface area contributed by atoms with Gasteiger partial charge in [-0.15, -0.1) is 0 Å². The van der Waals surface area contributed by atoms with Crippen LogP contribution in [0, 0.1) is 11.7 Å². The Bertz CT molecular complexity index is 1650. The zero-order chi connectivity index (χ0) is 27.7. The van der Waals surface area contributed by atoms with Gasteiger partial charge in [0.15, 0.2) is 0 Å². The standard InChI is InChI=1S/C29H24ClFN4O4/c1-16-3-2-4-26(25-11-17(9-10-32-25)21-13-19(31)6-8-23(21)34-28(16)37)35-15-33-24(14-27(35)36)22-12-18(30)5-7-20(22)29(38)39/h5-16,26H,2-4H2,1H3,(H,34,37)(H,38,39)/t16-,26+/m1/s1. The van der Waals surface area contributed by atoms with Crippen LogP contribution in [0.3, 0.4) is 0 Å². The maximum absolute atomic E-state index is 14.2. The first-order valence-corrected chi connectivity index (χ1v) is 12.8. The van der Waals surface area contributed by atoms with E-state index in [1.807, 2.05) is 6.92 Å². The van der Waals surface area contributed by atoms with Crippen LogP contribution in [-0.4, -0.2) is 31.5 Å². The van der Waals surface area contributed by atoms with Crippen molar-refractivity contribution in [3.05, 3.63) is 99.6 Å². The number of anilines is 1. The summed E-state index contributed by atoms with van der Waals surface area (Å²) in [5, 5.41) is 12.8. The number of benzene rings is 2. The molecule has 1 aliphatic rings. The molecule has 1 amide bonds. The van der Waals surface area contributed by atoms with Gasteiger partial charge < -0.3 is 10.4 Å². The Balaban J connectivity index is 1.61. The van der Waals surface area contributed by atoms with E-state index in [9.17, 15) is 23.9 Å². The zero-order valence-electron chi connectivity index (χ0n) is 20.9. The number of halogens is 2. The molecule has 10 heteroatoms. The number of hydrogen-bond donors (Lipinski definition) is 2. The Hall–Kier alpha value is -4.37. The number of carboxylic acid groups (broad SMARTS) is 1. The molecule has 39 heavy (non-hydrogen) atoms. The fraction of sp³-hybridized carbons (Fsp3) is 0.207. The van der Waals surface area contributed by atoms with Gasteiger partial charge in [0.25, 0.3) is 5.56 Å². The zero-order valence-corrected chi connectivity index (χ0v) is 21.7. The molecular formula is C29H24ClFN4O4. The van der Waals surface area contributed by atoms with E-state index in [-0.39, 0.29) is 28.6 Å². The molecule has 1 aliphatic heterocycles. The lowest BCUT2D eigenvalue weighted by molar-refractivity contribution is -0.119. The van der Waals surface area contributed by atoms with E-state index in [2.05, 4.69) is 15.3 Å². The number of nitrogens with one attached hydrogen (secondary N) is 1. The smallest absolute Gasteiger partial charge is 0.336 e. The van der Waals surface area contributed by atoms with Gasteiger partial charge in [0.1, 0.15) is 5.82 Å². The molecule has 198 valence electrons. The van der Waals surface area contributed by atoms with Crippen LogP contribution >= 0.6 is 11.6 Å². The summed E-state index contributed by atoms with van der Waals surface area (Å²) in [6.45, 7) is 1.82. The van der Waals surface area contributed by atoms with Crippen molar-refractivity contribution in [1.29, 1.82) is 0 Å². The van der Waals surface area contributed by atoms with Gasteiger partial charge in [-0.2, -0.15) is 0 Å². The maximum Gasteiger partial charge on any atom is 0.336 e. The highest BCUT2D eigenvalue weighted by atomic mass is 35.5. The molecule has 5 rings (SSSR count). The minimum absolute atomic E-state index is 0.0254. The number of aromatic carboxylic acids is 1. The molecule has 3 heterocycles. The molecule has 0 radical (unpaired) electrons. The van der Waals surface area contributed by atoms with Gasteiger partial charge in [-0.3, -0.25) is 19.1 Å². The van der Waals surface area contributed by atoms with Gasteiger partial charge in [0.05, 0.1) is 29.3 Å². The van der Waals surface area contributed by atoms with Gasteiger partial charge in [0.2, 0.25) is 5.91 Å². The van der Waals surface area contributed by atoms with Crippen LogP contribution in [0.15, 0.2) is 71.9 Å². The Kier molecular flexibility index (Phi) is 7.26. The third kappa shape index (κ3) is 5.44. The highest BCUT2D eigenvalue weighted by Crippen LogP contribution is 2.33. The number of pyridine rings is 1. The maximum atomic E-state index is 14.2. The minimum atomic E-state index is -1.16. The first-order chi connectivity index (χ1) is 18.7. The molecule has 2 atom stereocenters. The van der Waals surface area contributed by atoms with E-state index in [4.69, 9.17) is 11.6 Å². The third-order valence-electron chi connectivity index (χ3n) is 6.89. The first kappa shape index (κ1) is 26.2. The van der Waals surface area contributed by atoms with Crippen LogP contribution in [0.4, 0.5) is 10.1 Å². The minimum Gasteiger partial charge on any atom is -0.478 e. The predicted octanol–water partition coefficient (Wildman–Crippen LogP) is 5.81. The summed E-state index contributed by atoms with van der Waals surface area (Å²) in [6, 6.07) is 12.7. The van der Waals surface area contributed by atoms with Crippen LogP contribution in [0.1, 0.15) is 48.3 Å². The van der Waals surface area contributed by atoms with Crippen molar-refractivity contribution in [2.75, 3.05) is 5.32 Å². The summed E-state index contributed by atoms with van der Waals surface area (Å²) in [4.78, 5) is 46.9. The number of hydrogen-bond acceptors (Lipinski definition) is 5. The molecule has 2 aromatic carbocycles. The fourth-order valence-electron chi connectivity index (χ4n) is 4.80. The van der Waals surface area contributed by atoms with Gasteiger partial charge >= 0.3 is 5.97 Å². The summed E-state index contributed by atoms with van der Waals surface area (Å²) in [7, 11) is 0. The van der Waals surface area contributed by atoms with Crippen molar-refractivity contribution in [1.82, 2.24) is 14.5 Å². The molecular weight excluding hydrogens is 523 g/mol. The summed E-state index contributed by atoms with van der Waals surface area (Å²) < 4.78 is 15.7. The number of amides is 1. The van der Waals surface area contributed by atoms with Crippen LogP contribution in [0.5, 0.6) is 0 Å². The summed E-state index contributed by atoms with van der Waals surface area (Å²) in [5.74, 6) is -2.10. The Labute approximate surface area is 228 Å². The topological polar surface area (TPSA) is 114 Å². The SMILES string of the molecule is C[C@@H]1CCC[C@H](n2cnc(-c3cc(Cl)ccc3C(=O)O)cc2=O)c2cc(ccn2)-c2cc(F)ccc2NC1=O. The van der Waals surface area contributed by atoms with Crippen molar-refractivity contribution in [3.8, 4) is 22.4 Å². The summed E-state index contributed by atoms with van der Waals surface area (Å²) >= 11 is 6.09. The summed E-state index contributed by atoms with van der Waals surface area (Å²) in [5.41, 5.74) is 2.18. The number of carboxylic acids is 1. The average molecular weight is 547 g/mol. The van der Waals surface area contributed by atoms with E-state index in [0.29, 0.717) is 46.8 Å². The highest BCUT2D eigenvalue weighted by molar-refractivity contribution is 6.31. The number of carbonyl (C=O) groups excluding carboxylic acids is 1. The van der Waals surface area contributed by atoms with E-state index < -0.39 is 23.4 Å². The molecule has 8 nitrogen and oxygen atoms in total. The lowest BCUT2D eigenvalue weighted by Crippen LogP contribution is -2.27. The molecule has 0 saturated carbocycles. The second-order valence-corrected chi connectivity index (χ2v) is 9.95. The Morgan fingerprint density at radius 2 is 1.87 bits per heavy atom. The van der Waals surface area contributed by atoms with Crippen molar-refractivity contribution < 1.29 is 19.1 Å².